The zero-order valence-electron chi connectivity index (χ0n) is 15.8. The van der Waals surface area contributed by atoms with Gasteiger partial charge in [0.05, 0.1) is 6.54 Å². The summed E-state index contributed by atoms with van der Waals surface area (Å²) in [5.74, 6) is 0.620. The van der Waals surface area contributed by atoms with Crippen molar-refractivity contribution in [2.24, 2.45) is 10.7 Å². The van der Waals surface area contributed by atoms with Crippen LogP contribution in [0.1, 0.15) is 39.5 Å². The minimum Gasteiger partial charge on any atom is -0.370 e. The normalized spacial score (nSPS) is 24.6. The molecule has 2 saturated heterocycles. The summed E-state index contributed by atoms with van der Waals surface area (Å²) < 4.78 is 0. The molecule has 1 atom stereocenters. The van der Waals surface area contributed by atoms with E-state index in [2.05, 4.69) is 38.9 Å². The van der Waals surface area contributed by atoms with Crippen LogP contribution in [0.2, 0.25) is 0 Å². The summed E-state index contributed by atoms with van der Waals surface area (Å²) in [5, 5.41) is 3.28. The second-order valence-corrected chi connectivity index (χ2v) is 7.06. The first-order chi connectivity index (χ1) is 11.7. The molecule has 2 rings (SSSR count). The van der Waals surface area contributed by atoms with Crippen molar-refractivity contribution in [1.82, 2.24) is 20.0 Å². The van der Waals surface area contributed by atoms with Crippen LogP contribution in [0, 0.1) is 0 Å². The highest BCUT2D eigenvalue weighted by Crippen LogP contribution is 2.16. The number of nitrogens with two attached hydrogens (primary N) is 1. The van der Waals surface area contributed by atoms with Crippen molar-refractivity contribution in [3.8, 4) is 0 Å². The van der Waals surface area contributed by atoms with Gasteiger partial charge in [0.15, 0.2) is 5.96 Å². The maximum Gasteiger partial charge on any atom is 0.188 e. The highest BCUT2D eigenvalue weighted by Gasteiger charge is 2.22. The van der Waals surface area contributed by atoms with Gasteiger partial charge in [-0.05, 0) is 51.9 Å². The van der Waals surface area contributed by atoms with Crippen LogP contribution in [0.3, 0.4) is 0 Å². The summed E-state index contributed by atoms with van der Waals surface area (Å²) in [5.41, 5.74) is 6.00. The molecule has 0 spiro atoms. The molecule has 0 bridgehead atoms. The third kappa shape index (κ3) is 6.57. The lowest BCUT2D eigenvalue weighted by atomic mass is 10.2. The SMILES string of the molecule is CCN1CCN(CCCCNC(N)=NCC2CCCN2CC)CC1. The molecule has 1 unspecified atom stereocenters. The van der Waals surface area contributed by atoms with Gasteiger partial charge >= 0.3 is 0 Å². The van der Waals surface area contributed by atoms with Crippen LogP contribution in [0.15, 0.2) is 4.99 Å². The van der Waals surface area contributed by atoms with Gasteiger partial charge in [-0.1, -0.05) is 13.8 Å². The second kappa shape index (κ2) is 10.9. The molecule has 2 heterocycles. The Morgan fingerprint density at radius 2 is 1.79 bits per heavy atom. The third-order valence-electron chi connectivity index (χ3n) is 5.50. The Hall–Kier alpha value is -0.850. The summed E-state index contributed by atoms with van der Waals surface area (Å²) in [6.07, 6.45) is 4.96. The smallest absolute Gasteiger partial charge is 0.188 e. The molecule has 0 aliphatic carbocycles. The van der Waals surface area contributed by atoms with Crippen LogP contribution in [-0.2, 0) is 0 Å². The highest BCUT2D eigenvalue weighted by atomic mass is 15.3. The fraction of sp³-hybridized carbons (Fsp3) is 0.944. The van der Waals surface area contributed by atoms with Crippen molar-refractivity contribution in [3.05, 3.63) is 0 Å². The van der Waals surface area contributed by atoms with Gasteiger partial charge in [-0.25, -0.2) is 0 Å². The van der Waals surface area contributed by atoms with Crippen molar-refractivity contribution in [3.63, 3.8) is 0 Å². The van der Waals surface area contributed by atoms with Crippen molar-refractivity contribution in [2.45, 2.75) is 45.6 Å². The zero-order chi connectivity index (χ0) is 17.2. The molecule has 0 radical (unpaired) electrons. The van der Waals surface area contributed by atoms with Crippen molar-refractivity contribution in [2.75, 3.05) is 65.4 Å². The number of aliphatic imine (C=N–C) groups is 1. The van der Waals surface area contributed by atoms with E-state index in [0.29, 0.717) is 12.0 Å². The molecule has 140 valence electrons. The lowest BCUT2D eigenvalue weighted by Gasteiger charge is -2.33. The monoisotopic (exact) mass is 338 g/mol. The quantitative estimate of drug-likeness (QED) is 0.370. The predicted molar refractivity (Wildman–Crippen MR) is 103 cm³/mol. The molecule has 2 aliphatic heterocycles. The van der Waals surface area contributed by atoms with E-state index >= 15 is 0 Å². The van der Waals surface area contributed by atoms with Crippen LogP contribution in [-0.4, -0.2) is 92.1 Å². The fourth-order valence-corrected chi connectivity index (χ4v) is 3.78. The molecule has 0 aromatic rings. The molecule has 24 heavy (non-hydrogen) atoms. The Morgan fingerprint density at radius 1 is 1.04 bits per heavy atom. The Bertz CT molecular complexity index is 365. The van der Waals surface area contributed by atoms with E-state index in [1.165, 1.54) is 65.1 Å². The average molecular weight is 339 g/mol. The second-order valence-electron chi connectivity index (χ2n) is 7.06. The lowest BCUT2D eigenvalue weighted by Crippen LogP contribution is -2.46. The molecule has 6 heteroatoms. The molecule has 0 amide bonds. The van der Waals surface area contributed by atoms with Crippen LogP contribution in [0.4, 0.5) is 0 Å². The zero-order valence-corrected chi connectivity index (χ0v) is 15.8. The number of rotatable bonds is 9. The average Bonchev–Trinajstić information content (AvgIpc) is 3.07. The summed E-state index contributed by atoms with van der Waals surface area (Å²) in [4.78, 5) is 12.2. The molecule has 3 N–H and O–H groups in total. The van der Waals surface area contributed by atoms with Crippen LogP contribution in [0.5, 0.6) is 0 Å². The van der Waals surface area contributed by atoms with Crippen molar-refractivity contribution >= 4 is 5.96 Å². The van der Waals surface area contributed by atoms with Crippen LogP contribution in [0.25, 0.3) is 0 Å². The maximum absolute atomic E-state index is 6.00. The van der Waals surface area contributed by atoms with Crippen molar-refractivity contribution in [1.29, 1.82) is 0 Å². The Kier molecular flexibility index (Phi) is 8.84. The van der Waals surface area contributed by atoms with Gasteiger partial charge in [0.25, 0.3) is 0 Å². The molecular formula is C18H38N6. The topological polar surface area (TPSA) is 60.1 Å². The van der Waals surface area contributed by atoms with Gasteiger partial charge < -0.3 is 20.9 Å². The number of nitrogens with one attached hydrogen (secondary N) is 1. The van der Waals surface area contributed by atoms with E-state index in [0.717, 1.165) is 26.1 Å². The Morgan fingerprint density at radius 3 is 2.50 bits per heavy atom. The molecular weight excluding hydrogens is 300 g/mol. The van der Waals surface area contributed by atoms with Gasteiger partial charge in [0.2, 0.25) is 0 Å². The molecule has 0 aromatic heterocycles. The predicted octanol–water partition coefficient (Wildman–Crippen LogP) is 0.793. The van der Waals surface area contributed by atoms with Gasteiger partial charge in [-0.3, -0.25) is 9.89 Å². The summed E-state index contributed by atoms with van der Waals surface area (Å²) in [7, 11) is 0. The maximum atomic E-state index is 6.00. The summed E-state index contributed by atoms with van der Waals surface area (Å²) >= 11 is 0. The first kappa shape index (κ1) is 19.5. The van der Waals surface area contributed by atoms with E-state index in [9.17, 15) is 0 Å². The summed E-state index contributed by atoms with van der Waals surface area (Å²) in [6.45, 7) is 15.9. The number of likely N-dealkylation sites (N-methyl/N-ethyl adjacent to an activating group) is 2. The molecule has 2 fully saturated rings. The Balaban J connectivity index is 1.50. The minimum atomic E-state index is 0.595. The summed E-state index contributed by atoms with van der Waals surface area (Å²) in [6, 6.07) is 0.595. The van der Waals surface area contributed by atoms with Gasteiger partial charge in [0.1, 0.15) is 0 Å². The van der Waals surface area contributed by atoms with E-state index in [1.54, 1.807) is 0 Å². The number of hydrogen-bond acceptors (Lipinski definition) is 4. The van der Waals surface area contributed by atoms with E-state index in [4.69, 9.17) is 5.73 Å². The number of unbranched alkanes of at least 4 members (excludes halogenated alkanes) is 1. The number of nitrogens with zero attached hydrogens (tertiary/aromatic N) is 4. The standard InChI is InChI=1S/C18H38N6/c1-3-22-12-14-23(15-13-22)10-6-5-9-20-18(19)21-16-17-8-7-11-24(17)4-2/h17H,3-16H2,1-2H3,(H3,19,20,21). The van der Waals surface area contributed by atoms with Gasteiger partial charge in [-0.15, -0.1) is 0 Å². The van der Waals surface area contributed by atoms with E-state index < -0.39 is 0 Å². The van der Waals surface area contributed by atoms with Gasteiger partial charge in [-0.2, -0.15) is 0 Å². The van der Waals surface area contributed by atoms with Gasteiger partial charge in [0, 0.05) is 38.8 Å². The lowest BCUT2D eigenvalue weighted by molar-refractivity contribution is 0.136. The number of likely N-dealkylation sites (tertiary alicyclic amines) is 1. The van der Waals surface area contributed by atoms with Crippen LogP contribution >= 0.6 is 0 Å². The van der Waals surface area contributed by atoms with Crippen molar-refractivity contribution < 1.29 is 0 Å². The minimum absolute atomic E-state index is 0.595. The number of piperazine rings is 1. The Labute approximate surface area is 148 Å². The molecule has 0 aromatic carbocycles. The third-order valence-corrected chi connectivity index (χ3v) is 5.50. The van der Waals surface area contributed by atoms with Crippen LogP contribution < -0.4 is 11.1 Å². The molecule has 2 aliphatic rings. The first-order valence-corrected chi connectivity index (χ1v) is 9.95. The molecule has 0 saturated carbocycles. The number of hydrogen-bond donors (Lipinski definition) is 2. The first-order valence-electron chi connectivity index (χ1n) is 9.95. The fourth-order valence-electron chi connectivity index (χ4n) is 3.78. The highest BCUT2D eigenvalue weighted by molar-refractivity contribution is 5.77. The van der Waals surface area contributed by atoms with E-state index in [-0.39, 0.29) is 0 Å². The van der Waals surface area contributed by atoms with E-state index in [1.807, 2.05) is 0 Å². The number of guanidine groups is 1. The molecule has 6 nitrogen and oxygen atoms in total. The largest absolute Gasteiger partial charge is 0.370 e.